The highest BCUT2D eigenvalue weighted by Crippen LogP contribution is 2.26. The Morgan fingerprint density at radius 3 is 2.25 bits per heavy atom. The summed E-state index contributed by atoms with van der Waals surface area (Å²) in [5.41, 5.74) is 5.39. The van der Waals surface area contributed by atoms with E-state index in [0.717, 1.165) is 33.6 Å². The van der Waals surface area contributed by atoms with E-state index in [0.29, 0.717) is 0 Å². The fourth-order valence-electron chi connectivity index (χ4n) is 3.23. The second kappa shape index (κ2) is 8.75. The van der Waals surface area contributed by atoms with E-state index >= 15 is 0 Å². The zero-order chi connectivity index (χ0) is 20.1. The zero-order valence-corrected chi connectivity index (χ0v) is 16.9. The van der Waals surface area contributed by atoms with E-state index in [9.17, 15) is 4.79 Å². The van der Waals surface area contributed by atoms with Crippen LogP contribution in [0, 0.1) is 20.8 Å². The topological polar surface area (TPSA) is 38.3 Å². The molecule has 1 N–H and O–H groups in total. The fraction of sp³-hybridized carbons (Fsp3) is 0.240. The Balaban J connectivity index is 1.83. The van der Waals surface area contributed by atoms with E-state index in [-0.39, 0.29) is 11.9 Å². The molecule has 3 nitrogen and oxygen atoms in total. The lowest BCUT2D eigenvalue weighted by atomic mass is 9.95. The number of amides is 1. The molecule has 0 saturated heterocycles. The minimum absolute atomic E-state index is 0.141. The van der Waals surface area contributed by atoms with Gasteiger partial charge in [0.15, 0.2) is 6.10 Å². The van der Waals surface area contributed by atoms with Crippen LogP contribution in [0.1, 0.15) is 40.8 Å². The Morgan fingerprint density at radius 2 is 1.54 bits per heavy atom. The van der Waals surface area contributed by atoms with Gasteiger partial charge in [0, 0.05) is 0 Å². The Labute approximate surface area is 167 Å². The lowest BCUT2D eigenvalue weighted by Crippen LogP contribution is -2.39. The first-order valence-electron chi connectivity index (χ1n) is 9.60. The van der Waals surface area contributed by atoms with E-state index in [1.54, 1.807) is 6.92 Å². The van der Waals surface area contributed by atoms with Crippen LogP contribution in [0.4, 0.5) is 0 Å². The quantitative estimate of drug-likeness (QED) is 0.638. The van der Waals surface area contributed by atoms with Gasteiger partial charge in [-0.1, -0.05) is 66.7 Å². The standard InChI is InChI=1S/C25H27NO2/c1-17-14-15-19(3)23(16-17)28-20(4)25(27)26-24(21-11-6-5-7-12-21)22-13-9-8-10-18(22)2/h5-16,20,24H,1-4H3,(H,26,27)/t20-,24-/m1/s1. The lowest BCUT2D eigenvalue weighted by Gasteiger charge is -2.24. The normalized spacial score (nSPS) is 12.9. The number of benzene rings is 3. The van der Waals surface area contributed by atoms with Crippen LogP contribution in [0.5, 0.6) is 5.75 Å². The van der Waals surface area contributed by atoms with E-state index in [4.69, 9.17) is 4.74 Å². The van der Waals surface area contributed by atoms with Gasteiger partial charge in [-0.15, -0.1) is 0 Å². The third-order valence-electron chi connectivity index (χ3n) is 4.94. The van der Waals surface area contributed by atoms with Crippen molar-refractivity contribution in [3.05, 3.63) is 101 Å². The predicted molar refractivity (Wildman–Crippen MR) is 114 cm³/mol. The highest BCUT2D eigenvalue weighted by Gasteiger charge is 2.23. The van der Waals surface area contributed by atoms with Crippen LogP contribution in [-0.2, 0) is 4.79 Å². The first kappa shape index (κ1) is 19.7. The maximum atomic E-state index is 13.0. The maximum absolute atomic E-state index is 13.0. The lowest BCUT2D eigenvalue weighted by molar-refractivity contribution is -0.127. The van der Waals surface area contributed by atoms with Crippen LogP contribution < -0.4 is 10.1 Å². The van der Waals surface area contributed by atoms with Crippen molar-refractivity contribution in [3.63, 3.8) is 0 Å². The molecular weight excluding hydrogens is 346 g/mol. The summed E-state index contributed by atoms with van der Waals surface area (Å²) in [6, 6.07) is 24.0. The molecular formula is C25H27NO2. The van der Waals surface area contributed by atoms with Crippen molar-refractivity contribution in [1.82, 2.24) is 5.32 Å². The summed E-state index contributed by atoms with van der Waals surface area (Å²) in [5.74, 6) is 0.604. The molecule has 144 valence electrons. The summed E-state index contributed by atoms with van der Waals surface area (Å²) in [4.78, 5) is 13.0. The molecule has 0 bridgehead atoms. The molecule has 1 amide bonds. The predicted octanol–water partition coefficient (Wildman–Crippen LogP) is 5.28. The summed E-state index contributed by atoms with van der Waals surface area (Å²) < 4.78 is 5.98. The van der Waals surface area contributed by atoms with Gasteiger partial charge in [-0.05, 0) is 61.6 Å². The van der Waals surface area contributed by atoms with Gasteiger partial charge in [0.2, 0.25) is 0 Å². The molecule has 0 aliphatic heterocycles. The molecule has 0 spiro atoms. The molecule has 0 saturated carbocycles. The number of carbonyl (C=O) groups excluding carboxylic acids is 1. The van der Waals surface area contributed by atoms with E-state index < -0.39 is 6.10 Å². The summed E-state index contributed by atoms with van der Waals surface area (Å²) in [6.45, 7) is 7.85. The van der Waals surface area contributed by atoms with Gasteiger partial charge in [-0.2, -0.15) is 0 Å². The Bertz CT molecular complexity index is 950. The van der Waals surface area contributed by atoms with Crippen LogP contribution in [0.3, 0.4) is 0 Å². The number of hydrogen-bond acceptors (Lipinski definition) is 2. The number of ether oxygens (including phenoxy) is 1. The van der Waals surface area contributed by atoms with E-state index in [2.05, 4.69) is 24.4 Å². The summed E-state index contributed by atoms with van der Waals surface area (Å²) in [5, 5.41) is 3.18. The highest BCUT2D eigenvalue weighted by atomic mass is 16.5. The van der Waals surface area contributed by atoms with Gasteiger partial charge in [-0.3, -0.25) is 4.79 Å². The van der Waals surface area contributed by atoms with Crippen LogP contribution >= 0.6 is 0 Å². The molecule has 3 rings (SSSR count). The third-order valence-corrected chi connectivity index (χ3v) is 4.94. The van der Waals surface area contributed by atoms with Crippen molar-refractivity contribution in [2.24, 2.45) is 0 Å². The summed E-state index contributed by atoms with van der Waals surface area (Å²) >= 11 is 0. The Kier molecular flexibility index (Phi) is 6.15. The molecule has 0 aromatic heterocycles. The van der Waals surface area contributed by atoms with Crippen molar-refractivity contribution in [2.45, 2.75) is 39.8 Å². The van der Waals surface area contributed by atoms with E-state index in [1.165, 1.54) is 0 Å². The average molecular weight is 373 g/mol. The maximum Gasteiger partial charge on any atom is 0.261 e. The molecule has 3 aromatic rings. The zero-order valence-electron chi connectivity index (χ0n) is 16.9. The van der Waals surface area contributed by atoms with Crippen molar-refractivity contribution < 1.29 is 9.53 Å². The van der Waals surface area contributed by atoms with E-state index in [1.807, 2.05) is 74.5 Å². The first-order valence-corrected chi connectivity index (χ1v) is 9.60. The van der Waals surface area contributed by atoms with Gasteiger partial charge in [0.1, 0.15) is 5.75 Å². The van der Waals surface area contributed by atoms with Gasteiger partial charge in [0.25, 0.3) is 5.91 Å². The van der Waals surface area contributed by atoms with Gasteiger partial charge in [-0.25, -0.2) is 0 Å². The van der Waals surface area contributed by atoms with Crippen LogP contribution in [0.2, 0.25) is 0 Å². The molecule has 0 fully saturated rings. The Hall–Kier alpha value is -3.07. The molecule has 28 heavy (non-hydrogen) atoms. The van der Waals surface area contributed by atoms with Crippen molar-refractivity contribution in [2.75, 3.05) is 0 Å². The highest BCUT2D eigenvalue weighted by molar-refractivity contribution is 5.81. The molecule has 3 heteroatoms. The molecule has 0 aliphatic carbocycles. The number of rotatable bonds is 6. The summed E-state index contributed by atoms with van der Waals surface area (Å²) in [7, 11) is 0. The fourth-order valence-corrected chi connectivity index (χ4v) is 3.23. The molecule has 0 heterocycles. The molecule has 2 atom stereocenters. The number of carbonyl (C=O) groups is 1. The van der Waals surface area contributed by atoms with Gasteiger partial charge >= 0.3 is 0 Å². The van der Waals surface area contributed by atoms with Crippen molar-refractivity contribution >= 4 is 5.91 Å². The smallest absolute Gasteiger partial charge is 0.261 e. The van der Waals surface area contributed by atoms with Crippen LogP contribution in [0.25, 0.3) is 0 Å². The minimum Gasteiger partial charge on any atom is -0.481 e. The van der Waals surface area contributed by atoms with Crippen molar-refractivity contribution in [1.29, 1.82) is 0 Å². The Morgan fingerprint density at radius 1 is 0.857 bits per heavy atom. The number of nitrogens with one attached hydrogen (secondary N) is 1. The average Bonchev–Trinajstić information content (AvgIpc) is 2.70. The first-order chi connectivity index (χ1) is 13.5. The molecule has 0 unspecified atom stereocenters. The van der Waals surface area contributed by atoms with Crippen molar-refractivity contribution in [3.8, 4) is 5.75 Å². The van der Waals surface area contributed by atoms with Crippen LogP contribution in [0.15, 0.2) is 72.8 Å². The van der Waals surface area contributed by atoms with Gasteiger partial charge < -0.3 is 10.1 Å². The van der Waals surface area contributed by atoms with Crippen LogP contribution in [-0.4, -0.2) is 12.0 Å². The summed E-state index contributed by atoms with van der Waals surface area (Å²) in [6.07, 6.45) is -0.601. The second-order valence-electron chi connectivity index (χ2n) is 7.24. The molecule has 3 aromatic carbocycles. The largest absolute Gasteiger partial charge is 0.481 e. The number of aryl methyl sites for hydroxylation is 3. The number of hydrogen-bond donors (Lipinski definition) is 1. The monoisotopic (exact) mass is 373 g/mol. The molecule has 0 radical (unpaired) electrons. The third kappa shape index (κ3) is 4.61. The van der Waals surface area contributed by atoms with Gasteiger partial charge in [0.05, 0.1) is 6.04 Å². The minimum atomic E-state index is -0.601. The SMILES string of the molecule is Cc1ccc(C)c(O[C@H](C)C(=O)N[C@H](c2ccccc2)c2ccccc2C)c1. The second-order valence-corrected chi connectivity index (χ2v) is 7.24. The molecule has 0 aliphatic rings.